The molecule has 3 heterocycles. The van der Waals surface area contributed by atoms with E-state index in [0.29, 0.717) is 34.4 Å². The Hall–Kier alpha value is -5.84. The van der Waals surface area contributed by atoms with E-state index in [1.54, 1.807) is 64.5 Å². The van der Waals surface area contributed by atoms with Crippen molar-refractivity contribution in [2.75, 3.05) is 16.8 Å². The molecule has 2 N–H and O–H groups in total. The van der Waals surface area contributed by atoms with Gasteiger partial charge in [0.15, 0.2) is 0 Å². The maximum atomic E-state index is 14.3. The molecule has 0 spiro atoms. The Morgan fingerprint density at radius 1 is 0.939 bits per heavy atom. The number of hydrogen-bond acceptors (Lipinski definition) is 7. The van der Waals surface area contributed by atoms with Gasteiger partial charge < -0.3 is 15.4 Å². The fourth-order valence-electron chi connectivity index (χ4n) is 5.88. The Balaban J connectivity index is 1.35. The van der Waals surface area contributed by atoms with Crippen LogP contribution in [0.4, 0.5) is 20.8 Å². The molecular formula is C38H37FN6O4. The first kappa shape index (κ1) is 33.1. The highest BCUT2D eigenvalue weighted by Crippen LogP contribution is 2.37. The second-order valence-electron chi connectivity index (χ2n) is 12.9. The molecule has 1 atom stereocenters. The lowest BCUT2D eigenvalue weighted by Crippen LogP contribution is -2.44. The summed E-state index contributed by atoms with van der Waals surface area (Å²) < 4.78 is 20.6. The molecule has 10 nitrogen and oxygen atoms in total. The van der Waals surface area contributed by atoms with E-state index in [0.717, 1.165) is 11.1 Å². The third-order valence-electron chi connectivity index (χ3n) is 8.14. The van der Waals surface area contributed by atoms with Gasteiger partial charge in [0.25, 0.3) is 11.5 Å². The summed E-state index contributed by atoms with van der Waals surface area (Å²) in [5.74, 6) is -0.475. The van der Waals surface area contributed by atoms with Crippen LogP contribution in [-0.4, -0.2) is 44.7 Å². The monoisotopic (exact) mass is 660 g/mol. The number of benzene rings is 3. The van der Waals surface area contributed by atoms with Crippen molar-refractivity contribution < 1.29 is 18.7 Å². The number of aromatic nitrogens is 3. The molecule has 0 aliphatic carbocycles. The van der Waals surface area contributed by atoms with Gasteiger partial charge >= 0.3 is 6.09 Å². The van der Waals surface area contributed by atoms with E-state index in [9.17, 15) is 18.8 Å². The number of ether oxygens (including phenoxy) is 1. The smallest absolute Gasteiger partial charge is 0.407 e. The number of carbonyl (C=O) groups is 2. The molecule has 1 aliphatic heterocycles. The molecule has 1 aliphatic rings. The molecule has 49 heavy (non-hydrogen) atoms. The number of alkyl carbamates (subject to hydrolysis) is 1. The number of halogens is 1. The van der Waals surface area contributed by atoms with Crippen LogP contribution in [0.1, 0.15) is 42.3 Å². The number of fused-ring (bicyclic) bond motifs is 1. The number of amides is 2. The van der Waals surface area contributed by atoms with Crippen molar-refractivity contribution in [2.24, 2.45) is 7.05 Å². The minimum absolute atomic E-state index is 0.123. The predicted octanol–water partition coefficient (Wildman–Crippen LogP) is 6.36. The zero-order valence-corrected chi connectivity index (χ0v) is 27.7. The van der Waals surface area contributed by atoms with Gasteiger partial charge in [-0.15, -0.1) is 0 Å². The maximum Gasteiger partial charge on any atom is 0.407 e. The topological polar surface area (TPSA) is 118 Å². The molecule has 11 heteroatoms. The van der Waals surface area contributed by atoms with Gasteiger partial charge in [-0.25, -0.2) is 14.2 Å². The first-order valence-corrected chi connectivity index (χ1v) is 16.0. The van der Waals surface area contributed by atoms with Crippen LogP contribution in [-0.2, 0) is 24.8 Å². The van der Waals surface area contributed by atoms with Crippen LogP contribution < -0.4 is 21.1 Å². The average molecular weight is 661 g/mol. The minimum atomic E-state index is -0.679. The molecule has 3 aromatic carbocycles. The van der Waals surface area contributed by atoms with Crippen LogP contribution in [0, 0.1) is 5.82 Å². The lowest BCUT2D eigenvalue weighted by Gasteiger charge is -2.25. The highest BCUT2D eigenvalue weighted by atomic mass is 19.1. The number of rotatable bonds is 9. The number of pyridine rings is 1. The minimum Gasteiger partial charge on any atom is -0.444 e. The largest absolute Gasteiger partial charge is 0.444 e. The summed E-state index contributed by atoms with van der Waals surface area (Å²) in [6.45, 7) is 5.77. The molecule has 0 fully saturated rings. The molecule has 250 valence electrons. The number of nitrogens with zero attached hydrogens (tertiary/aromatic N) is 4. The zero-order chi connectivity index (χ0) is 34.7. The van der Waals surface area contributed by atoms with Gasteiger partial charge in [0.1, 0.15) is 22.8 Å². The summed E-state index contributed by atoms with van der Waals surface area (Å²) in [7, 11) is 1.59. The Kier molecular flexibility index (Phi) is 9.26. The van der Waals surface area contributed by atoms with Crippen molar-refractivity contribution in [3.8, 4) is 22.4 Å². The Morgan fingerprint density at radius 2 is 1.65 bits per heavy atom. The van der Waals surface area contributed by atoms with E-state index < -0.39 is 23.3 Å². The van der Waals surface area contributed by atoms with Crippen LogP contribution in [0.15, 0.2) is 102 Å². The summed E-state index contributed by atoms with van der Waals surface area (Å²) in [4.78, 5) is 51.7. The number of nitrogens with one attached hydrogen (secondary N) is 2. The van der Waals surface area contributed by atoms with Crippen LogP contribution in [0.5, 0.6) is 0 Å². The van der Waals surface area contributed by atoms with Crippen molar-refractivity contribution in [3.63, 3.8) is 0 Å². The Labute approximate surface area is 283 Å². The molecule has 0 radical (unpaired) electrons. The normalized spacial score (nSPS) is 13.2. The van der Waals surface area contributed by atoms with E-state index in [2.05, 4.69) is 15.6 Å². The molecule has 0 saturated heterocycles. The van der Waals surface area contributed by atoms with Gasteiger partial charge in [0.05, 0.1) is 18.2 Å². The second kappa shape index (κ2) is 13.7. The molecule has 6 rings (SSSR count). The van der Waals surface area contributed by atoms with Crippen molar-refractivity contribution in [1.29, 1.82) is 0 Å². The summed E-state index contributed by atoms with van der Waals surface area (Å²) in [5, 5.41) is 6.21. The standard InChI is InChI=1S/C38H37FN6O4/c1-38(2,3)49-37(48)42-29(21-24-9-6-5-7-10-24)22-41-36-43-32(26-17-19-40-20-18-26)33(35(47)44(36)4)45-23-27-11-8-12-30(31(27)34(45)46)25-13-15-28(39)16-14-25/h5-20,29H,21-23H2,1-4H3,(H,41,43)(H,42,48). The van der Waals surface area contributed by atoms with Crippen LogP contribution in [0.2, 0.25) is 0 Å². The van der Waals surface area contributed by atoms with E-state index in [4.69, 9.17) is 9.72 Å². The first-order chi connectivity index (χ1) is 23.5. The van der Waals surface area contributed by atoms with E-state index >= 15 is 0 Å². The molecular weight excluding hydrogens is 623 g/mol. The van der Waals surface area contributed by atoms with Crippen molar-refractivity contribution in [1.82, 2.24) is 19.9 Å². The quantitative estimate of drug-likeness (QED) is 0.189. The average Bonchev–Trinajstić information content (AvgIpc) is 3.41. The second-order valence-corrected chi connectivity index (χ2v) is 12.9. The summed E-state index contributed by atoms with van der Waals surface area (Å²) >= 11 is 0. The molecule has 5 aromatic rings. The number of anilines is 2. The third kappa shape index (κ3) is 7.35. The molecule has 2 aromatic heterocycles. The molecule has 0 saturated carbocycles. The van der Waals surface area contributed by atoms with E-state index in [1.807, 2.05) is 48.5 Å². The van der Waals surface area contributed by atoms with Gasteiger partial charge in [0, 0.05) is 31.5 Å². The van der Waals surface area contributed by atoms with Gasteiger partial charge in [-0.2, -0.15) is 0 Å². The third-order valence-corrected chi connectivity index (χ3v) is 8.14. The SMILES string of the molecule is Cn1c(NCC(Cc2ccccc2)NC(=O)OC(C)(C)C)nc(-c2ccncc2)c(N2Cc3cccc(-c4ccc(F)cc4)c3C2=O)c1=O. The zero-order valence-electron chi connectivity index (χ0n) is 27.7. The summed E-state index contributed by atoms with van der Waals surface area (Å²) in [6, 6.07) is 24.3. The van der Waals surface area contributed by atoms with E-state index in [1.165, 1.54) is 21.6 Å². The van der Waals surface area contributed by atoms with Gasteiger partial charge in [0.2, 0.25) is 5.95 Å². The summed E-state index contributed by atoms with van der Waals surface area (Å²) in [6.07, 6.45) is 3.13. The number of carbonyl (C=O) groups excluding carboxylic acids is 2. The van der Waals surface area contributed by atoms with Crippen LogP contribution in [0.25, 0.3) is 22.4 Å². The molecule has 0 bridgehead atoms. The highest BCUT2D eigenvalue weighted by molar-refractivity contribution is 6.15. The highest BCUT2D eigenvalue weighted by Gasteiger charge is 2.35. The van der Waals surface area contributed by atoms with Crippen LogP contribution >= 0.6 is 0 Å². The Bertz CT molecular complexity index is 2040. The van der Waals surface area contributed by atoms with Gasteiger partial charge in [-0.1, -0.05) is 60.7 Å². The van der Waals surface area contributed by atoms with E-state index in [-0.39, 0.29) is 36.4 Å². The van der Waals surface area contributed by atoms with Crippen molar-refractivity contribution in [3.05, 3.63) is 130 Å². The first-order valence-electron chi connectivity index (χ1n) is 16.0. The fraction of sp³-hybridized carbons (Fsp3) is 0.237. The van der Waals surface area contributed by atoms with Crippen LogP contribution in [0.3, 0.4) is 0 Å². The lowest BCUT2D eigenvalue weighted by atomic mass is 9.97. The maximum absolute atomic E-state index is 14.3. The molecule has 1 unspecified atom stereocenters. The van der Waals surface area contributed by atoms with Gasteiger partial charge in [-0.3, -0.25) is 24.0 Å². The van der Waals surface area contributed by atoms with Gasteiger partial charge in [-0.05, 0) is 73.7 Å². The van der Waals surface area contributed by atoms with Crippen molar-refractivity contribution >= 4 is 23.6 Å². The fourth-order valence-corrected chi connectivity index (χ4v) is 5.88. The van der Waals surface area contributed by atoms with Crippen molar-refractivity contribution in [2.45, 2.75) is 45.4 Å². The lowest BCUT2D eigenvalue weighted by molar-refractivity contribution is 0.0506. The predicted molar refractivity (Wildman–Crippen MR) is 187 cm³/mol. The molecule has 2 amide bonds. The Morgan fingerprint density at radius 3 is 2.35 bits per heavy atom. The summed E-state index contributed by atoms with van der Waals surface area (Å²) in [5.41, 5.74) is 3.46. The number of hydrogen-bond donors (Lipinski definition) is 2.